The van der Waals surface area contributed by atoms with Crippen molar-refractivity contribution in [2.75, 3.05) is 10.2 Å². The summed E-state index contributed by atoms with van der Waals surface area (Å²) in [5.74, 6) is -1.33. The monoisotopic (exact) mass is 529 g/mol. The van der Waals surface area contributed by atoms with Gasteiger partial charge in [-0.15, -0.1) is 0 Å². The number of hydrogen-bond acceptors (Lipinski definition) is 4. The molecule has 0 aromatic heterocycles. The van der Waals surface area contributed by atoms with Crippen LogP contribution in [0.5, 0.6) is 0 Å². The minimum atomic E-state index is -0.484. The second-order valence-electron chi connectivity index (χ2n) is 7.10. The second-order valence-corrected chi connectivity index (χ2v) is 8.76. The Morgan fingerprint density at radius 1 is 0.882 bits per heavy atom. The van der Waals surface area contributed by atoms with Gasteiger partial charge in [0.1, 0.15) is 0 Å². The third-order valence-corrected chi connectivity index (χ3v) is 5.95. The highest BCUT2D eigenvalue weighted by Crippen LogP contribution is 2.33. The Labute approximate surface area is 215 Å². The highest BCUT2D eigenvalue weighted by atomic mass is 35.5. The topological polar surface area (TPSA) is 78.5 Å². The number of hydrogen-bond donors (Lipinski definition) is 2. The summed E-state index contributed by atoms with van der Waals surface area (Å²) in [7, 11) is 0. The molecule has 0 unspecified atom stereocenters. The van der Waals surface area contributed by atoms with E-state index in [9.17, 15) is 14.4 Å². The first-order valence-electron chi connectivity index (χ1n) is 9.77. The smallest absolute Gasteiger partial charge is 0.266 e. The third-order valence-electron chi connectivity index (χ3n) is 4.87. The number of imide groups is 1. The highest BCUT2D eigenvalue weighted by Gasteiger charge is 2.36. The number of halogens is 3. The molecule has 0 radical (unpaired) electrons. The van der Waals surface area contributed by atoms with Crippen LogP contribution in [0.4, 0.5) is 11.4 Å². The van der Waals surface area contributed by atoms with E-state index in [0.717, 1.165) is 4.90 Å². The minimum absolute atomic E-state index is 0.00670. The lowest BCUT2D eigenvalue weighted by atomic mass is 10.1. The average molecular weight is 531 g/mol. The van der Waals surface area contributed by atoms with E-state index >= 15 is 0 Å². The number of thiocarbonyl (C=S) groups is 1. The van der Waals surface area contributed by atoms with Crippen molar-refractivity contribution < 1.29 is 14.4 Å². The molecule has 0 bridgehead atoms. The van der Waals surface area contributed by atoms with Gasteiger partial charge < -0.3 is 5.32 Å². The summed E-state index contributed by atoms with van der Waals surface area (Å²) in [4.78, 5) is 38.6. The van der Waals surface area contributed by atoms with E-state index in [1.165, 1.54) is 18.2 Å². The molecule has 10 heteroatoms. The van der Waals surface area contributed by atoms with Crippen LogP contribution < -0.4 is 15.5 Å². The molecule has 0 spiro atoms. The van der Waals surface area contributed by atoms with E-state index in [1.54, 1.807) is 54.6 Å². The zero-order valence-corrected chi connectivity index (χ0v) is 20.2. The first-order chi connectivity index (χ1) is 16.2. The van der Waals surface area contributed by atoms with Gasteiger partial charge in [0.15, 0.2) is 5.11 Å². The van der Waals surface area contributed by atoms with E-state index in [4.69, 9.17) is 47.0 Å². The fourth-order valence-electron chi connectivity index (χ4n) is 3.28. The fraction of sp³-hybridized carbons (Fsp3) is 0. The number of amides is 3. The molecule has 4 rings (SSSR count). The van der Waals surface area contributed by atoms with Crippen LogP contribution in [0, 0.1) is 0 Å². The normalized spacial score (nSPS) is 12.7. The van der Waals surface area contributed by atoms with Gasteiger partial charge in [-0.05, 0) is 66.3 Å². The molecule has 3 aromatic carbocycles. The molecule has 3 aromatic rings. The molecular formula is C24H14Cl3N3O3S. The first-order valence-corrected chi connectivity index (χ1v) is 11.3. The zero-order valence-electron chi connectivity index (χ0n) is 17.1. The lowest BCUT2D eigenvalue weighted by molar-refractivity contribution is -0.115. The van der Waals surface area contributed by atoms with Gasteiger partial charge in [0.25, 0.3) is 11.8 Å². The van der Waals surface area contributed by atoms with Crippen molar-refractivity contribution in [1.29, 1.82) is 0 Å². The molecule has 1 heterocycles. The molecule has 34 heavy (non-hydrogen) atoms. The number of nitrogens with zero attached hydrogens (tertiary/aromatic N) is 1. The Bertz CT molecular complexity index is 1360. The van der Waals surface area contributed by atoms with Crippen molar-refractivity contribution in [3.05, 3.63) is 98.5 Å². The summed E-state index contributed by atoms with van der Waals surface area (Å²) >= 11 is 23.5. The standard InChI is InChI=1S/C24H14Cl3N3O3S/c25-14-7-5-13(18(26)11-14)6-10-21(31)29-24(34)28-20-9-8-15(12-19(20)27)30-22(32)16-3-1-2-4-17(16)23(30)33/h1-12H,(H2,28,29,31,34). The molecule has 6 nitrogen and oxygen atoms in total. The van der Waals surface area contributed by atoms with Crippen molar-refractivity contribution in [1.82, 2.24) is 5.32 Å². The minimum Gasteiger partial charge on any atom is -0.331 e. The number of carbonyl (C=O) groups is 3. The lowest BCUT2D eigenvalue weighted by Crippen LogP contribution is -2.33. The Morgan fingerprint density at radius 3 is 2.18 bits per heavy atom. The van der Waals surface area contributed by atoms with Crippen LogP contribution >= 0.6 is 47.0 Å². The highest BCUT2D eigenvalue weighted by molar-refractivity contribution is 7.80. The predicted octanol–water partition coefficient (Wildman–Crippen LogP) is 5.97. The van der Waals surface area contributed by atoms with Gasteiger partial charge in [-0.2, -0.15) is 0 Å². The first kappa shape index (κ1) is 23.9. The van der Waals surface area contributed by atoms with Crippen molar-refractivity contribution in [2.24, 2.45) is 0 Å². The predicted molar refractivity (Wildman–Crippen MR) is 139 cm³/mol. The summed E-state index contributed by atoms with van der Waals surface area (Å²) < 4.78 is 0. The van der Waals surface area contributed by atoms with Crippen LogP contribution in [-0.2, 0) is 4.79 Å². The van der Waals surface area contributed by atoms with Crippen LogP contribution in [0.25, 0.3) is 6.08 Å². The van der Waals surface area contributed by atoms with Crippen LogP contribution in [0.15, 0.2) is 66.7 Å². The summed E-state index contributed by atoms with van der Waals surface area (Å²) in [5, 5.41) is 6.42. The van der Waals surface area contributed by atoms with Crippen LogP contribution in [-0.4, -0.2) is 22.8 Å². The molecule has 0 fully saturated rings. The Balaban J connectivity index is 1.41. The van der Waals surface area contributed by atoms with Crippen molar-refractivity contribution in [2.45, 2.75) is 0 Å². The van der Waals surface area contributed by atoms with Gasteiger partial charge in [0.05, 0.1) is 27.5 Å². The zero-order chi connectivity index (χ0) is 24.4. The van der Waals surface area contributed by atoms with Crippen LogP contribution in [0.2, 0.25) is 15.1 Å². The Hall–Kier alpha value is -3.23. The quantitative estimate of drug-likeness (QED) is 0.247. The Morgan fingerprint density at radius 2 is 1.56 bits per heavy atom. The molecular weight excluding hydrogens is 517 g/mol. The maximum atomic E-state index is 12.7. The summed E-state index contributed by atoms with van der Waals surface area (Å²) in [5.41, 5.74) is 1.99. The molecule has 3 amide bonds. The van der Waals surface area contributed by atoms with Gasteiger partial charge in [-0.1, -0.05) is 53.0 Å². The molecule has 1 aliphatic rings. The average Bonchev–Trinajstić information content (AvgIpc) is 3.05. The number of nitrogens with one attached hydrogen (secondary N) is 2. The SMILES string of the molecule is O=C(C=Cc1ccc(Cl)cc1Cl)NC(=S)Nc1ccc(N2C(=O)c3ccccc3C2=O)cc1Cl. The molecule has 2 N–H and O–H groups in total. The van der Waals surface area contributed by atoms with Gasteiger partial charge in [-0.3, -0.25) is 19.7 Å². The summed E-state index contributed by atoms with van der Waals surface area (Å²) in [6, 6.07) is 16.1. The summed E-state index contributed by atoms with van der Waals surface area (Å²) in [6.45, 7) is 0. The lowest BCUT2D eigenvalue weighted by Gasteiger charge is -2.16. The maximum Gasteiger partial charge on any atom is 0.266 e. The molecule has 0 aliphatic carbocycles. The number of carbonyl (C=O) groups excluding carboxylic acids is 3. The number of rotatable bonds is 4. The molecule has 1 aliphatic heterocycles. The van der Waals surface area contributed by atoms with Gasteiger partial charge in [0.2, 0.25) is 5.91 Å². The van der Waals surface area contributed by atoms with E-state index < -0.39 is 17.7 Å². The third kappa shape index (κ3) is 4.98. The molecule has 0 atom stereocenters. The molecule has 0 saturated heterocycles. The molecule has 170 valence electrons. The van der Waals surface area contributed by atoms with E-state index in [0.29, 0.717) is 38.1 Å². The summed E-state index contributed by atoms with van der Waals surface area (Å²) in [6.07, 6.45) is 2.80. The molecule has 0 saturated carbocycles. The van der Waals surface area contributed by atoms with Gasteiger partial charge in [0, 0.05) is 16.1 Å². The van der Waals surface area contributed by atoms with Crippen molar-refractivity contribution in [3.63, 3.8) is 0 Å². The van der Waals surface area contributed by atoms with Crippen molar-refractivity contribution in [3.8, 4) is 0 Å². The van der Waals surface area contributed by atoms with E-state index in [-0.39, 0.29) is 10.1 Å². The van der Waals surface area contributed by atoms with Gasteiger partial charge in [-0.25, -0.2) is 4.90 Å². The van der Waals surface area contributed by atoms with E-state index in [2.05, 4.69) is 10.6 Å². The second kappa shape index (κ2) is 9.95. The van der Waals surface area contributed by atoms with Crippen LogP contribution in [0.3, 0.4) is 0 Å². The van der Waals surface area contributed by atoms with Gasteiger partial charge >= 0.3 is 0 Å². The van der Waals surface area contributed by atoms with Crippen molar-refractivity contribution >= 4 is 87.3 Å². The number of fused-ring (bicyclic) bond motifs is 1. The number of anilines is 2. The maximum absolute atomic E-state index is 12.7. The Kier molecular flexibility index (Phi) is 7.00. The number of benzene rings is 3. The fourth-order valence-corrected chi connectivity index (χ4v) is 4.18. The van der Waals surface area contributed by atoms with Crippen LogP contribution in [0.1, 0.15) is 26.3 Å². The largest absolute Gasteiger partial charge is 0.331 e. The van der Waals surface area contributed by atoms with E-state index in [1.807, 2.05) is 0 Å².